The molecule has 0 spiro atoms. The Morgan fingerprint density at radius 1 is 1.21 bits per heavy atom. The molecule has 2 fully saturated rings. The SMILES string of the molecule is Cn1c(N2CC[C@@H]3[C@H](C2)[C@@]3(CN)c2ccccc2F)nc2[nH]cc(C3=C(F)C4=CC=NC(=O)C4C=C3)c2c1=O. The highest BCUT2D eigenvalue weighted by Crippen LogP contribution is 2.63. The lowest BCUT2D eigenvalue weighted by molar-refractivity contribution is -0.119. The van der Waals surface area contributed by atoms with Gasteiger partial charge in [-0.1, -0.05) is 30.4 Å². The average Bonchev–Trinajstić information content (AvgIpc) is 3.40. The Kier molecular flexibility index (Phi) is 5.15. The molecule has 4 aliphatic rings. The minimum atomic E-state index is -0.758. The number of nitrogens with two attached hydrogens (primary N) is 1. The molecule has 0 radical (unpaired) electrons. The minimum absolute atomic E-state index is 0.148. The zero-order chi connectivity index (χ0) is 27.1. The van der Waals surface area contributed by atoms with E-state index in [0.717, 1.165) is 6.42 Å². The van der Waals surface area contributed by atoms with Gasteiger partial charge in [0.15, 0.2) is 0 Å². The van der Waals surface area contributed by atoms with E-state index >= 15 is 4.39 Å². The maximum absolute atomic E-state index is 15.5. The second-order valence-electron chi connectivity index (χ2n) is 10.7. The molecule has 2 aliphatic carbocycles. The first kappa shape index (κ1) is 23.9. The van der Waals surface area contributed by atoms with Crippen molar-refractivity contribution in [2.24, 2.45) is 35.5 Å². The van der Waals surface area contributed by atoms with Gasteiger partial charge in [-0.25, -0.2) is 13.8 Å². The number of piperidine rings is 1. The number of halogens is 2. The Hall–Kier alpha value is -4.18. The average molecular weight is 529 g/mol. The molecule has 1 saturated carbocycles. The van der Waals surface area contributed by atoms with Gasteiger partial charge in [-0.3, -0.25) is 14.2 Å². The van der Waals surface area contributed by atoms with E-state index in [1.54, 1.807) is 25.4 Å². The number of carbonyl (C=O) groups is 1. The predicted octanol–water partition coefficient (Wildman–Crippen LogP) is 3.16. The zero-order valence-corrected chi connectivity index (χ0v) is 21.2. The summed E-state index contributed by atoms with van der Waals surface area (Å²) >= 11 is 0. The molecule has 39 heavy (non-hydrogen) atoms. The molecule has 4 heterocycles. The maximum atomic E-state index is 15.5. The quantitative estimate of drug-likeness (QED) is 0.541. The van der Waals surface area contributed by atoms with E-state index in [0.29, 0.717) is 42.4 Å². The molecule has 1 aromatic carbocycles. The molecule has 2 aromatic heterocycles. The first-order chi connectivity index (χ1) is 18.9. The van der Waals surface area contributed by atoms with Gasteiger partial charge in [0.25, 0.3) is 11.5 Å². The van der Waals surface area contributed by atoms with Gasteiger partial charge in [0.2, 0.25) is 5.95 Å². The number of amides is 1. The summed E-state index contributed by atoms with van der Waals surface area (Å²) in [5, 5.41) is 0.273. The fraction of sp³-hybridized carbons (Fsp3) is 0.310. The van der Waals surface area contributed by atoms with Crippen molar-refractivity contribution in [3.8, 4) is 0 Å². The van der Waals surface area contributed by atoms with Gasteiger partial charge in [0, 0.05) is 61.2 Å². The molecular weight excluding hydrogens is 502 g/mol. The Bertz CT molecular complexity index is 1750. The molecule has 3 aromatic rings. The summed E-state index contributed by atoms with van der Waals surface area (Å²) in [6.45, 7) is 1.61. The number of nitrogens with zero attached hydrogens (tertiary/aromatic N) is 4. The number of aromatic amines is 1. The number of carbonyl (C=O) groups excluding carboxylic acids is 1. The summed E-state index contributed by atoms with van der Waals surface area (Å²) in [5.41, 5.74) is 7.36. The summed E-state index contributed by atoms with van der Waals surface area (Å²) in [4.78, 5) is 39.3. The summed E-state index contributed by atoms with van der Waals surface area (Å²) in [6, 6.07) is 6.83. The van der Waals surface area contributed by atoms with Gasteiger partial charge >= 0.3 is 0 Å². The monoisotopic (exact) mass is 528 g/mol. The number of benzene rings is 1. The van der Waals surface area contributed by atoms with Crippen molar-refractivity contribution in [1.29, 1.82) is 0 Å². The number of anilines is 1. The fourth-order valence-electron chi connectivity index (χ4n) is 6.99. The van der Waals surface area contributed by atoms with Crippen LogP contribution in [0.3, 0.4) is 0 Å². The number of rotatable bonds is 4. The molecule has 4 atom stereocenters. The summed E-state index contributed by atoms with van der Waals surface area (Å²) in [6.07, 6.45) is 8.29. The zero-order valence-electron chi connectivity index (χ0n) is 21.2. The molecule has 0 bridgehead atoms. The van der Waals surface area contributed by atoms with Crippen LogP contribution in [0.2, 0.25) is 0 Å². The van der Waals surface area contributed by atoms with E-state index in [4.69, 9.17) is 10.7 Å². The first-order valence-corrected chi connectivity index (χ1v) is 13.0. The number of H-pyrrole nitrogens is 1. The van der Waals surface area contributed by atoms with E-state index < -0.39 is 23.1 Å². The Morgan fingerprint density at radius 2 is 2.03 bits per heavy atom. The van der Waals surface area contributed by atoms with Crippen LogP contribution in [0.4, 0.5) is 14.7 Å². The van der Waals surface area contributed by atoms with Gasteiger partial charge in [-0.05, 0) is 36.0 Å². The molecule has 198 valence electrons. The largest absolute Gasteiger partial charge is 0.345 e. The third-order valence-electron chi connectivity index (χ3n) is 9.01. The van der Waals surface area contributed by atoms with Crippen molar-refractivity contribution >= 4 is 34.7 Å². The lowest BCUT2D eigenvalue weighted by Gasteiger charge is -2.28. The van der Waals surface area contributed by atoms with E-state index in [1.807, 2.05) is 12.1 Å². The Morgan fingerprint density at radius 3 is 2.82 bits per heavy atom. The van der Waals surface area contributed by atoms with Gasteiger partial charge in [-0.2, -0.15) is 4.98 Å². The summed E-state index contributed by atoms with van der Waals surface area (Å²) in [7, 11) is 1.66. The van der Waals surface area contributed by atoms with Crippen LogP contribution in [0.5, 0.6) is 0 Å². The molecule has 8 nitrogen and oxygen atoms in total. The van der Waals surface area contributed by atoms with Crippen LogP contribution >= 0.6 is 0 Å². The second-order valence-corrected chi connectivity index (χ2v) is 10.7. The smallest absolute Gasteiger partial charge is 0.264 e. The molecule has 10 heteroatoms. The number of hydrogen-bond donors (Lipinski definition) is 2. The van der Waals surface area contributed by atoms with Crippen LogP contribution in [0.25, 0.3) is 16.6 Å². The molecule has 1 unspecified atom stereocenters. The van der Waals surface area contributed by atoms with Crippen LogP contribution in [-0.2, 0) is 17.3 Å². The lowest BCUT2D eigenvalue weighted by atomic mass is 9.86. The number of aromatic nitrogens is 3. The standard InChI is InChI=1S/C29H26F2N6O2/c1-36-27(39)23-18(15-6-7-17-16(24(15)31)8-10-33-26(17)38)12-34-25(23)35-28(36)37-11-9-19-21(13-37)29(19,14-32)20-4-2-3-5-22(20)30/h2-8,10,12,17,19,21,34H,9,11,13-14,32H2,1H3/t17?,19-,21+,29-/m1/s1. The van der Waals surface area contributed by atoms with Crippen molar-refractivity contribution in [2.45, 2.75) is 11.8 Å². The van der Waals surface area contributed by atoms with Crippen molar-refractivity contribution in [2.75, 3.05) is 24.5 Å². The topological polar surface area (TPSA) is 109 Å². The maximum Gasteiger partial charge on any atom is 0.264 e. The van der Waals surface area contributed by atoms with E-state index in [9.17, 15) is 14.0 Å². The predicted molar refractivity (Wildman–Crippen MR) is 145 cm³/mol. The number of allylic oxidation sites excluding steroid dienone is 4. The van der Waals surface area contributed by atoms with Gasteiger partial charge in [0.1, 0.15) is 17.3 Å². The molecule has 2 aliphatic heterocycles. The van der Waals surface area contributed by atoms with Gasteiger partial charge in [-0.15, -0.1) is 0 Å². The van der Waals surface area contributed by atoms with E-state index in [1.165, 1.54) is 29.0 Å². The van der Waals surface area contributed by atoms with Crippen molar-refractivity contribution < 1.29 is 13.6 Å². The Balaban J connectivity index is 1.25. The van der Waals surface area contributed by atoms with Crippen LogP contribution in [0.1, 0.15) is 17.5 Å². The highest BCUT2D eigenvalue weighted by molar-refractivity contribution is 6.02. The van der Waals surface area contributed by atoms with Crippen molar-refractivity contribution in [3.63, 3.8) is 0 Å². The van der Waals surface area contributed by atoms with Crippen molar-refractivity contribution in [1.82, 2.24) is 14.5 Å². The van der Waals surface area contributed by atoms with Gasteiger partial charge < -0.3 is 15.6 Å². The number of fused-ring (bicyclic) bond motifs is 3. The molecule has 1 saturated heterocycles. The van der Waals surface area contributed by atoms with E-state index in [2.05, 4.69) is 14.9 Å². The molecule has 1 amide bonds. The van der Waals surface area contributed by atoms with Crippen LogP contribution in [-0.4, -0.2) is 46.3 Å². The highest BCUT2D eigenvalue weighted by atomic mass is 19.1. The number of nitrogens with one attached hydrogen (secondary N) is 1. The van der Waals surface area contributed by atoms with Gasteiger partial charge in [0.05, 0.1) is 11.3 Å². The molecule has 7 rings (SSSR count). The van der Waals surface area contributed by atoms with Crippen LogP contribution in [0, 0.1) is 23.6 Å². The minimum Gasteiger partial charge on any atom is -0.345 e. The van der Waals surface area contributed by atoms with E-state index in [-0.39, 0.29) is 39.7 Å². The summed E-state index contributed by atoms with van der Waals surface area (Å²) in [5.74, 6) is -1.06. The van der Waals surface area contributed by atoms with Crippen LogP contribution < -0.4 is 16.2 Å². The third kappa shape index (κ3) is 3.24. The normalized spacial score (nSPS) is 27.6. The lowest BCUT2D eigenvalue weighted by Crippen LogP contribution is -2.37. The number of hydrogen-bond acceptors (Lipinski definition) is 5. The Labute approximate surface area is 222 Å². The second kappa shape index (κ2) is 8.41. The molecule has 3 N–H and O–H groups in total. The molecular formula is C29H26F2N6O2. The fourth-order valence-corrected chi connectivity index (χ4v) is 6.99. The number of dihydropyridines is 1. The van der Waals surface area contributed by atoms with Crippen molar-refractivity contribution in [3.05, 3.63) is 87.4 Å². The summed E-state index contributed by atoms with van der Waals surface area (Å²) < 4.78 is 31.8. The third-order valence-corrected chi connectivity index (χ3v) is 9.01. The number of aliphatic imine (C=N–C) groups is 1. The first-order valence-electron chi connectivity index (χ1n) is 13.0. The highest BCUT2D eigenvalue weighted by Gasteiger charge is 2.66. The van der Waals surface area contributed by atoms with Crippen LogP contribution in [0.15, 0.2) is 69.9 Å².